The molecule has 1 aliphatic heterocycles. The second-order valence-electron chi connectivity index (χ2n) is 7.64. The molecule has 0 aromatic heterocycles. The Morgan fingerprint density at radius 1 is 1.03 bits per heavy atom. The zero-order valence-electron chi connectivity index (χ0n) is 16.6. The third-order valence-corrected chi connectivity index (χ3v) is 5.83. The Hall–Kier alpha value is -2.86. The molecule has 1 saturated carbocycles. The summed E-state index contributed by atoms with van der Waals surface area (Å²) in [5.41, 5.74) is 1.39. The van der Waals surface area contributed by atoms with Crippen molar-refractivity contribution >= 4 is 29.4 Å². The summed E-state index contributed by atoms with van der Waals surface area (Å²) in [4.78, 5) is 42.5. The number of fused-ring (bicyclic) bond motifs is 1. The van der Waals surface area contributed by atoms with Crippen molar-refractivity contribution in [3.8, 4) is 5.75 Å². The molecule has 0 spiro atoms. The largest absolute Gasteiger partial charge is 0.479 e. The standard InChI is InChI=1S/C23H22ClNO5/c1-14(23(28)30-25-21(26)17-9-5-6-10-18(17)22(25)27)29-20-12-11-16(24)13-19(20)15-7-3-2-4-8-15/h5-6,9-15H,2-4,7-8H2,1H3. The van der Waals surface area contributed by atoms with E-state index < -0.39 is 23.9 Å². The number of hydroxylamine groups is 2. The second-order valence-corrected chi connectivity index (χ2v) is 8.07. The molecule has 156 valence electrons. The van der Waals surface area contributed by atoms with E-state index in [1.54, 1.807) is 24.3 Å². The molecule has 2 aromatic rings. The Labute approximate surface area is 179 Å². The number of amides is 2. The van der Waals surface area contributed by atoms with E-state index in [1.807, 2.05) is 6.07 Å². The van der Waals surface area contributed by atoms with Gasteiger partial charge in [0.2, 0.25) is 0 Å². The number of ether oxygens (including phenoxy) is 1. The number of nitrogens with zero attached hydrogens (tertiary/aromatic N) is 1. The Morgan fingerprint density at radius 2 is 1.67 bits per heavy atom. The molecule has 1 fully saturated rings. The fraction of sp³-hybridized carbons (Fsp3) is 0.348. The van der Waals surface area contributed by atoms with Gasteiger partial charge in [0.15, 0.2) is 6.10 Å². The third kappa shape index (κ3) is 3.92. The maximum atomic E-state index is 12.6. The van der Waals surface area contributed by atoms with Crippen molar-refractivity contribution in [2.24, 2.45) is 0 Å². The van der Waals surface area contributed by atoms with Crippen LogP contribution in [0.25, 0.3) is 0 Å². The van der Waals surface area contributed by atoms with Gasteiger partial charge in [-0.15, -0.1) is 0 Å². The lowest BCUT2D eigenvalue weighted by Crippen LogP contribution is -2.38. The molecule has 0 bridgehead atoms. The van der Waals surface area contributed by atoms with Crippen molar-refractivity contribution in [2.45, 2.75) is 51.0 Å². The highest BCUT2D eigenvalue weighted by Crippen LogP contribution is 2.39. The predicted molar refractivity (Wildman–Crippen MR) is 110 cm³/mol. The number of benzene rings is 2. The lowest BCUT2D eigenvalue weighted by Gasteiger charge is -2.25. The molecule has 2 aromatic carbocycles. The van der Waals surface area contributed by atoms with Crippen LogP contribution < -0.4 is 4.74 Å². The minimum atomic E-state index is -1.02. The first kappa shape index (κ1) is 20.4. The van der Waals surface area contributed by atoms with E-state index >= 15 is 0 Å². The number of imide groups is 1. The van der Waals surface area contributed by atoms with E-state index in [0.29, 0.717) is 21.8 Å². The third-order valence-electron chi connectivity index (χ3n) is 5.59. The lowest BCUT2D eigenvalue weighted by molar-refractivity contribution is -0.176. The van der Waals surface area contributed by atoms with Gasteiger partial charge in [0, 0.05) is 5.02 Å². The number of carbonyl (C=O) groups excluding carboxylic acids is 3. The van der Waals surface area contributed by atoms with Gasteiger partial charge in [-0.2, -0.15) is 0 Å². The van der Waals surface area contributed by atoms with Gasteiger partial charge < -0.3 is 9.57 Å². The molecule has 6 nitrogen and oxygen atoms in total. The second kappa shape index (κ2) is 8.48. The van der Waals surface area contributed by atoms with Crippen LogP contribution in [-0.2, 0) is 9.63 Å². The number of rotatable bonds is 5. The van der Waals surface area contributed by atoms with Crippen molar-refractivity contribution in [1.82, 2.24) is 5.06 Å². The van der Waals surface area contributed by atoms with Crippen LogP contribution in [0.1, 0.15) is 71.2 Å². The number of hydrogen-bond donors (Lipinski definition) is 0. The molecule has 4 rings (SSSR count). The van der Waals surface area contributed by atoms with E-state index in [0.717, 1.165) is 31.2 Å². The molecule has 2 amide bonds. The Bertz CT molecular complexity index is 964. The zero-order chi connectivity index (χ0) is 21.3. The summed E-state index contributed by atoms with van der Waals surface area (Å²) < 4.78 is 5.89. The molecule has 0 N–H and O–H groups in total. The maximum absolute atomic E-state index is 12.6. The van der Waals surface area contributed by atoms with Crippen molar-refractivity contribution in [3.05, 3.63) is 64.2 Å². The molecule has 30 heavy (non-hydrogen) atoms. The van der Waals surface area contributed by atoms with Gasteiger partial charge >= 0.3 is 5.97 Å². The van der Waals surface area contributed by atoms with Crippen molar-refractivity contribution in [2.75, 3.05) is 0 Å². The van der Waals surface area contributed by atoms with Gasteiger partial charge in [0.1, 0.15) is 5.75 Å². The van der Waals surface area contributed by atoms with E-state index in [9.17, 15) is 14.4 Å². The minimum absolute atomic E-state index is 0.209. The quantitative estimate of drug-likeness (QED) is 0.634. The minimum Gasteiger partial charge on any atom is -0.479 e. The monoisotopic (exact) mass is 427 g/mol. The van der Waals surface area contributed by atoms with Gasteiger partial charge in [0.05, 0.1) is 11.1 Å². The predicted octanol–water partition coefficient (Wildman–Crippen LogP) is 4.91. The van der Waals surface area contributed by atoms with Crippen LogP contribution in [0.3, 0.4) is 0 Å². The van der Waals surface area contributed by atoms with Gasteiger partial charge in [-0.25, -0.2) is 4.79 Å². The zero-order valence-corrected chi connectivity index (χ0v) is 17.4. The molecular weight excluding hydrogens is 406 g/mol. The van der Waals surface area contributed by atoms with Crippen LogP contribution in [-0.4, -0.2) is 29.0 Å². The Kier molecular flexibility index (Phi) is 5.77. The van der Waals surface area contributed by atoms with E-state index in [4.69, 9.17) is 21.2 Å². The van der Waals surface area contributed by atoms with Crippen molar-refractivity contribution in [1.29, 1.82) is 0 Å². The summed E-state index contributed by atoms with van der Waals surface area (Å²) in [7, 11) is 0. The highest BCUT2D eigenvalue weighted by Gasteiger charge is 2.39. The maximum Gasteiger partial charge on any atom is 0.373 e. The topological polar surface area (TPSA) is 72.9 Å². The number of halogens is 1. The first-order chi connectivity index (χ1) is 14.5. The molecule has 0 saturated heterocycles. The van der Waals surface area contributed by atoms with E-state index in [-0.39, 0.29) is 11.1 Å². The molecule has 7 heteroatoms. The summed E-state index contributed by atoms with van der Waals surface area (Å²) >= 11 is 6.20. The SMILES string of the molecule is CC(Oc1ccc(Cl)cc1C1CCCCC1)C(=O)ON1C(=O)c2ccccc2C1=O. The first-order valence-corrected chi connectivity index (χ1v) is 10.5. The fourth-order valence-corrected chi connectivity index (χ4v) is 4.19. The van der Waals surface area contributed by atoms with Crippen molar-refractivity contribution < 1.29 is 24.0 Å². The van der Waals surface area contributed by atoms with Gasteiger partial charge in [-0.1, -0.05) is 48.1 Å². The van der Waals surface area contributed by atoms with Gasteiger partial charge in [-0.3, -0.25) is 9.59 Å². The van der Waals surface area contributed by atoms with Crippen LogP contribution in [0, 0.1) is 0 Å². The first-order valence-electron chi connectivity index (χ1n) is 10.1. The molecule has 2 aliphatic rings. The highest BCUT2D eigenvalue weighted by atomic mass is 35.5. The normalized spacial score (nSPS) is 17.6. The summed E-state index contributed by atoms with van der Waals surface area (Å²) in [6, 6.07) is 11.7. The van der Waals surface area contributed by atoms with Crippen LogP contribution in [0.4, 0.5) is 0 Å². The summed E-state index contributed by atoms with van der Waals surface area (Å²) in [6.45, 7) is 1.53. The summed E-state index contributed by atoms with van der Waals surface area (Å²) in [5, 5.41) is 1.11. The number of carbonyl (C=O) groups is 3. The van der Waals surface area contributed by atoms with Crippen LogP contribution in [0.15, 0.2) is 42.5 Å². The Morgan fingerprint density at radius 3 is 2.30 bits per heavy atom. The molecule has 1 heterocycles. The lowest BCUT2D eigenvalue weighted by atomic mass is 9.83. The summed E-state index contributed by atoms with van der Waals surface area (Å²) in [5.74, 6) is -1.25. The molecule has 1 unspecified atom stereocenters. The summed E-state index contributed by atoms with van der Waals surface area (Å²) in [6.07, 6.45) is 4.59. The fourth-order valence-electron chi connectivity index (χ4n) is 4.01. The molecule has 0 radical (unpaired) electrons. The molecular formula is C23H22ClNO5. The molecule has 1 aliphatic carbocycles. The van der Waals surface area contributed by atoms with Gasteiger partial charge in [0.25, 0.3) is 11.8 Å². The molecule has 1 atom stereocenters. The van der Waals surface area contributed by atoms with Gasteiger partial charge in [-0.05, 0) is 61.6 Å². The average molecular weight is 428 g/mol. The van der Waals surface area contributed by atoms with E-state index in [2.05, 4.69) is 0 Å². The number of hydrogen-bond acceptors (Lipinski definition) is 5. The van der Waals surface area contributed by atoms with E-state index in [1.165, 1.54) is 25.5 Å². The average Bonchev–Trinajstić information content (AvgIpc) is 3.00. The Balaban J connectivity index is 1.47. The van der Waals surface area contributed by atoms with Crippen LogP contribution >= 0.6 is 11.6 Å². The highest BCUT2D eigenvalue weighted by molar-refractivity contribution is 6.30. The van der Waals surface area contributed by atoms with Crippen molar-refractivity contribution in [3.63, 3.8) is 0 Å². The van der Waals surface area contributed by atoms with Crippen LogP contribution in [0.2, 0.25) is 5.02 Å². The van der Waals surface area contributed by atoms with Crippen LogP contribution in [0.5, 0.6) is 5.75 Å². The smallest absolute Gasteiger partial charge is 0.373 e.